The SMILES string of the molecule is CC(NC(=O)N[C@H](C)CO)[C@H](C)Br. The number of halogens is 1. The molecule has 5 heteroatoms. The van der Waals surface area contributed by atoms with Crippen LogP contribution in [0, 0.1) is 0 Å². The van der Waals surface area contributed by atoms with Crippen LogP contribution in [-0.2, 0) is 0 Å². The lowest BCUT2D eigenvalue weighted by molar-refractivity contribution is 0.218. The smallest absolute Gasteiger partial charge is 0.315 e. The van der Waals surface area contributed by atoms with Gasteiger partial charge in [-0.3, -0.25) is 0 Å². The van der Waals surface area contributed by atoms with Crippen LogP contribution in [0.5, 0.6) is 0 Å². The Morgan fingerprint density at radius 3 is 2.31 bits per heavy atom. The van der Waals surface area contributed by atoms with Gasteiger partial charge in [0.15, 0.2) is 0 Å². The van der Waals surface area contributed by atoms with Crippen LogP contribution in [0.2, 0.25) is 0 Å². The van der Waals surface area contributed by atoms with E-state index in [4.69, 9.17) is 5.11 Å². The number of aliphatic hydroxyl groups is 1. The Hall–Kier alpha value is -0.290. The van der Waals surface area contributed by atoms with E-state index in [-0.39, 0.29) is 29.5 Å². The fourth-order valence-electron chi connectivity index (χ4n) is 0.633. The van der Waals surface area contributed by atoms with Gasteiger partial charge in [0, 0.05) is 10.9 Å². The van der Waals surface area contributed by atoms with E-state index in [2.05, 4.69) is 26.6 Å². The van der Waals surface area contributed by atoms with Gasteiger partial charge >= 0.3 is 6.03 Å². The maximum absolute atomic E-state index is 11.2. The number of hydrogen-bond acceptors (Lipinski definition) is 2. The number of nitrogens with one attached hydrogen (secondary N) is 2. The summed E-state index contributed by atoms with van der Waals surface area (Å²) in [6, 6.07) is -0.399. The van der Waals surface area contributed by atoms with Crippen molar-refractivity contribution >= 4 is 22.0 Å². The van der Waals surface area contributed by atoms with Crippen LogP contribution >= 0.6 is 15.9 Å². The molecule has 0 aliphatic carbocycles. The lowest BCUT2D eigenvalue weighted by atomic mass is 10.3. The van der Waals surface area contributed by atoms with Crippen LogP contribution < -0.4 is 10.6 Å². The van der Waals surface area contributed by atoms with Gasteiger partial charge in [0.25, 0.3) is 0 Å². The molecule has 13 heavy (non-hydrogen) atoms. The highest BCUT2D eigenvalue weighted by Crippen LogP contribution is 2.02. The molecule has 78 valence electrons. The number of aliphatic hydroxyl groups excluding tert-OH is 1. The third kappa shape index (κ3) is 5.87. The fourth-order valence-corrected chi connectivity index (χ4v) is 0.765. The number of amides is 2. The van der Waals surface area contributed by atoms with E-state index >= 15 is 0 Å². The minimum absolute atomic E-state index is 0.0499. The van der Waals surface area contributed by atoms with Crippen molar-refractivity contribution in [2.24, 2.45) is 0 Å². The van der Waals surface area contributed by atoms with Gasteiger partial charge in [-0.25, -0.2) is 4.79 Å². The maximum Gasteiger partial charge on any atom is 0.315 e. The average molecular weight is 253 g/mol. The summed E-state index contributed by atoms with van der Waals surface area (Å²) in [6.07, 6.45) is 0. The summed E-state index contributed by atoms with van der Waals surface area (Å²) in [4.78, 5) is 11.4. The molecule has 0 aliphatic rings. The van der Waals surface area contributed by atoms with Crippen LogP contribution in [0.15, 0.2) is 0 Å². The predicted molar refractivity (Wildman–Crippen MR) is 56.1 cm³/mol. The number of alkyl halides is 1. The molecular weight excluding hydrogens is 236 g/mol. The first-order chi connectivity index (χ1) is 5.97. The van der Waals surface area contributed by atoms with Crippen molar-refractivity contribution < 1.29 is 9.90 Å². The van der Waals surface area contributed by atoms with Gasteiger partial charge in [0.05, 0.1) is 12.6 Å². The molecule has 2 amide bonds. The summed E-state index contributed by atoms with van der Waals surface area (Å²) >= 11 is 3.36. The molecule has 0 spiro atoms. The second kappa shape index (κ2) is 6.21. The number of rotatable bonds is 4. The molecule has 0 saturated carbocycles. The second-order valence-corrected chi connectivity index (χ2v) is 4.61. The van der Waals surface area contributed by atoms with E-state index in [0.29, 0.717) is 0 Å². The Labute approximate surface area is 87.2 Å². The van der Waals surface area contributed by atoms with Crippen molar-refractivity contribution in [2.75, 3.05) is 6.61 Å². The molecule has 3 atom stereocenters. The van der Waals surface area contributed by atoms with Crippen LogP contribution in [0.25, 0.3) is 0 Å². The third-order valence-corrected chi connectivity index (χ3v) is 2.49. The Bertz CT molecular complexity index is 164. The lowest BCUT2D eigenvalue weighted by Crippen LogP contribution is -2.47. The zero-order valence-electron chi connectivity index (χ0n) is 8.17. The Balaban J connectivity index is 3.74. The molecule has 0 aromatic rings. The first kappa shape index (κ1) is 12.7. The van der Waals surface area contributed by atoms with Crippen molar-refractivity contribution in [2.45, 2.75) is 37.7 Å². The second-order valence-electron chi connectivity index (χ2n) is 3.17. The van der Waals surface area contributed by atoms with Gasteiger partial charge in [-0.2, -0.15) is 0 Å². The quantitative estimate of drug-likeness (QED) is 0.650. The molecule has 0 rings (SSSR count). The number of carbonyl (C=O) groups is 1. The van der Waals surface area contributed by atoms with Gasteiger partial charge in [-0.1, -0.05) is 22.9 Å². The summed E-state index contributed by atoms with van der Waals surface area (Å²) < 4.78 is 0. The summed E-state index contributed by atoms with van der Waals surface area (Å²) in [5.74, 6) is 0. The van der Waals surface area contributed by atoms with Gasteiger partial charge in [0.2, 0.25) is 0 Å². The molecule has 0 heterocycles. The molecule has 3 N–H and O–H groups in total. The van der Waals surface area contributed by atoms with E-state index < -0.39 is 0 Å². The van der Waals surface area contributed by atoms with E-state index in [9.17, 15) is 4.79 Å². The highest BCUT2D eigenvalue weighted by Gasteiger charge is 2.12. The first-order valence-electron chi connectivity index (χ1n) is 4.29. The lowest BCUT2D eigenvalue weighted by Gasteiger charge is -2.18. The monoisotopic (exact) mass is 252 g/mol. The van der Waals surface area contributed by atoms with Crippen LogP contribution in [0.3, 0.4) is 0 Å². The van der Waals surface area contributed by atoms with Gasteiger partial charge in [-0.15, -0.1) is 0 Å². The van der Waals surface area contributed by atoms with E-state index in [1.54, 1.807) is 6.92 Å². The van der Waals surface area contributed by atoms with Crippen LogP contribution in [-0.4, -0.2) is 34.7 Å². The van der Waals surface area contributed by atoms with Crippen molar-refractivity contribution in [1.82, 2.24) is 10.6 Å². The van der Waals surface area contributed by atoms with E-state index in [1.165, 1.54) is 0 Å². The average Bonchev–Trinajstić information content (AvgIpc) is 2.03. The Morgan fingerprint density at radius 1 is 1.38 bits per heavy atom. The van der Waals surface area contributed by atoms with Crippen molar-refractivity contribution in [3.05, 3.63) is 0 Å². The summed E-state index contributed by atoms with van der Waals surface area (Å²) in [5.41, 5.74) is 0. The van der Waals surface area contributed by atoms with Crippen molar-refractivity contribution in [3.63, 3.8) is 0 Å². The van der Waals surface area contributed by atoms with E-state index in [1.807, 2.05) is 13.8 Å². The summed E-state index contributed by atoms with van der Waals surface area (Å²) in [6.45, 7) is 5.55. The molecule has 4 nitrogen and oxygen atoms in total. The number of hydrogen-bond donors (Lipinski definition) is 3. The summed E-state index contributed by atoms with van der Waals surface area (Å²) in [7, 11) is 0. The third-order valence-electron chi connectivity index (χ3n) is 1.70. The minimum Gasteiger partial charge on any atom is -0.394 e. The highest BCUT2D eigenvalue weighted by molar-refractivity contribution is 9.09. The largest absolute Gasteiger partial charge is 0.394 e. The molecule has 0 saturated heterocycles. The predicted octanol–water partition coefficient (Wildman–Crippen LogP) is 0.838. The molecule has 0 fully saturated rings. The van der Waals surface area contributed by atoms with Gasteiger partial charge in [-0.05, 0) is 13.8 Å². The molecular formula is C8H17BrN2O2. The molecule has 0 aromatic heterocycles. The van der Waals surface area contributed by atoms with Crippen molar-refractivity contribution in [1.29, 1.82) is 0 Å². The first-order valence-corrected chi connectivity index (χ1v) is 5.21. The highest BCUT2D eigenvalue weighted by atomic mass is 79.9. The topological polar surface area (TPSA) is 61.4 Å². The minimum atomic E-state index is -0.250. The Morgan fingerprint density at radius 2 is 1.92 bits per heavy atom. The number of carbonyl (C=O) groups excluding carboxylic acids is 1. The molecule has 0 bridgehead atoms. The van der Waals surface area contributed by atoms with E-state index in [0.717, 1.165) is 0 Å². The summed E-state index contributed by atoms with van der Waals surface area (Å²) in [5, 5.41) is 14.0. The zero-order chi connectivity index (χ0) is 10.4. The van der Waals surface area contributed by atoms with Crippen LogP contribution in [0.4, 0.5) is 4.79 Å². The van der Waals surface area contributed by atoms with Crippen LogP contribution in [0.1, 0.15) is 20.8 Å². The zero-order valence-corrected chi connectivity index (χ0v) is 9.76. The standard InChI is InChI=1S/C8H17BrN2O2/c1-5(4-12)10-8(13)11-7(3)6(2)9/h5-7,12H,4H2,1-3H3,(H2,10,11,13)/t5-,6+,7?/m1/s1. The van der Waals surface area contributed by atoms with Gasteiger partial charge < -0.3 is 15.7 Å². The van der Waals surface area contributed by atoms with Gasteiger partial charge in [0.1, 0.15) is 0 Å². The Kier molecular flexibility index (Phi) is 6.07. The maximum atomic E-state index is 11.2. The number of urea groups is 1. The van der Waals surface area contributed by atoms with Crippen molar-refractivity contribution in [3.8, 4) is 0 Å². The molecule has 1 unspecified atom stereocenters. The molecule has 0 aliphatic heterocycles. The molecule has 0 aromatic carbocycles. The molecule has 0 radical (unpaired) electrons. The normalized spacial score (nSPS) is 17.3. The fraction of sp³-hybridized carbons (Fsp3) is 0.875.